The van der Waals surface area contributed by atoms with Gasteiger partial charge in [0.15, 0.2) is 0 Å². The van der Waals surface area contributed by atoms with Crippen molar-refractivity contribution in [1.29, 1.82) is 0 Å². The van der Waals surface area contributed by atoms with Gasteiger partial charge in [0.2, 0.25) is 0 Å². The lowest BCUT2D eigenvalue weighted by Gasteiger charge is -2.21. The minimum atomic E-state index is -4.31. The van der Waals surface area contributed by atoms with Crippen LogP contribution in [0.3, 0.4) is 0 Å². The van der Waals surface area contributed by atoms with Crippen LogP contribution in [-0.4, -0.2) is 23.0 Å². The lowest BCUT2D eigenvalue weighted by molar-refractivity contribution is -0.137. The van der Waals surface area contributed by atoms with Crippen molar-refractivity contribution in [3.63, 3.8) is 0 Å². The van der Waals surface area contributed by atoms with Gasteiger partial charge in [-0.25, -0.2) is 0 Å². The third-order valence-corrected chi connectivity index (χ3v) is 2.71. The zero-order valence-electron chi connectivity index (χ0n) is 10.7. The molecule has 2 nitrogen and oxygen atoms in total. The van der Waals surface area contributed by atoms with Gasteiger partial charge in [-0.05, 0) is 24.6 Å². The third-order valence-electron chi connectivity index (χ3n) is 2.58. The Morgan fingerprint density at radius 2 is 2.05 bits per heavy atom. The second kappa shape index (κ2) is 6.86. The maximum atomic E-state index is 12.6. The van der Waals surface area contributed by atoms with Gasteiger partial charge in [-0.1, -0.05) is 37.3 Å². The molecule has 0 amide bonds. The lowest BCUT2D eigenvalue weighted by atomic mass is 10.1. The van der Waals surface area contributed by atoms with Gasteiger partial charge in [0.05, 0.1) is 10.6 Å². The van der Waals surface area contributed by atoms with Crippen LogP contribution in [0, 0.1) is 0 Å². The van der Waals surface area contributed by atoms with Gasteiger partial charge in [0.25, 0.3) is 0 Å². The smallest absolute Gasteiger partial charge is 0.392 e. The van der Waals surface area contributed by atoms with Crippen LogP contribution in [0.2, 0.25) is 0 Å². The molecule has 0 aliphatic carbocycles. The van der Waals surface area contributed by atoms with Crippen molar-refractivity contribution in [1.82, 2.24) is 4.90 Å². The predicted octanol–water partition coefficient (Wildman–Crippen LogP) is 3.20. The minimum Gasteiger partial charge on any atom is -0.392 e. The van der Waals surface area contributed by atoms with Crippen LogP contribution in [0.25, 0.3) is 0 Å². The van der Waals surface area contributed by atoms with Crippen molar-refractivity contribution < 1.29 is 13.2 Å². The molecule has 1 aromatic rings. The van der Waals surface area contributed by atoms with E-state index in [1.54, 1.807) is 6.07 Å². The quantitative estimate of drug-likeness (QED) is 0.816. The molecule has 0 saturated heterocycles. The van der Waals surface area contributed by atoms with Gasteiger partial charge in [-0.15, -0.1) is 0 Å². The van der Waals surface area contributed by atoms with Gasteiger partial charge >= 0.3 is 6.18 Å². The Labute approximate surface area is 116 Å². The Bertz CT molecular complexity index is 432. The van der Waals surface area contributed by atoms with E-state index in [2.05, 4.69) is 0 Å². The summed E-state index contributed by atoms with van der Waals surface area (Å²) < 4.78 is 37.8. The fourth-order valence-corrected chi connectivity index (χ4v) is 2.04. The molecule has 0 aromatic heterocycles. The Kier molecular flexibility index (Phi) is 5.75. The zero-order chi connectivity index (χ0) is 14.5. The number of benzene rings is 1. The van der Waals surface area contributed by atoms with Gasteiger partial charge in [-0.3, -0.25) is 4.90 Å². The average Bonchev–Trinajstić information content (AvgIpc) is 2.27. The van der Waals surface area contributed by atoms with Crippen molar-refractivity contribution in [2.75, 3.05) is 13.1 Å². The first-order valence-electron chi connectivity index (χ1n) is 5.99. The first-order valence-corrected chi connectivity index (χ1v) is 6.40. The monoisotopic (exact) mass is 290 g/mol. The van der Waals surface area contributed by atoms with Crippen molar-refractivity contribution in [3.8, 4) is 0 Å². The molecule has 0 radical (unpaired) electrons. The van der Waals surface area contributed by atoms with Gasteiger partial charge in [0.1, 0.15) is 0 Å². The van der Waals surface area contributed by atoms with Crippen molar-refractivity contribution in [3.05, 3.63) is 35.4 Å². The predicted molar refractivity (Wildman–Crippen MR) is 73.8 cm³/mol. The van der Waals surface area contributed by atoms with Crippen LogP contribution in [0.5, 0.6) is 0 Å². The van der Waals surface area contributed by atoms with E-state index in [0.717, 1.165) is 19.0 Å². The Hall–Kier alpha value is -1.14. The maximum absolute atomic E-state index is 12.6. The van der Waals surface area contributed by atoms with E-state index in [1.165, 1.54) is 12.1 Å². The molecule has 19 heavy (non-hydrogen) atoms. The molecule has 1 rings (SSSR count). The highest BCUT2D eigenvalue weighted by atomic mass is 32.1. The van der Waals surface area contributed by atoms with Crippen LogP contribution in [-0.2, 0) is 12.7 Å². The molecule has 0 aliphatic rings. The molecule has 0 aliphatic heterocycles. The van der Waals surface area contributed by atoms with Gasteiger partial charge in [0, 0.05) is 13.1 Å². The summed E-state index contributed by atoms with van der Waals surface area (Å²) in [4.78, 5) is 2.29. The summed E-state index contributed by atoms with van der Waals surface area (Å²) in [5, 5.41) is 0. The van der Waals surface area contributed by atoms with E-state index in [4.69, 9.17) is 18.0 Å². The van der Waals surface area contributed by atoms with Crippen molar-refractivity contribution in [2.24, 2.45) is 5.73 Å². The Morgan fingerprint density at radius 1 is 1.37 bits per heavy atom. The van der Waals surface area contributed by atoms with Crippen LogP contribution in [0.15, 0.2) is 24.3 Å². The molecule has 0 bridgehead atoms. The fraction of sp³-hybridized carbons (Fsp3) is 0.462. The molecule has 2 N–H and O–H groups in total. The molecular formula is C13H17F3N2S. The second-order valence-corrected chi connectivity index (χ2v) is 4.90. The lowest BCUT2D eigenvalue weighted by Crippen LogP contribution is -2.33. The summed E-state index contributed by atoms with van der Waals surface area (Å²) in [5.41, 5.74) is 5.47. The summed E-state index contributed by atoms with van der Waals surface area (Å²) in [5.74, 6) is 0. The zero-order valence-corrected chi connectivity index (χ0v) is 11.5. The van der Waals surface area contributed by atoms with Gasteiger partial charge < -0.3 is 5.73 Å². The number of nitrogens with two attached hydrogens (primary N) is 1. The third kappa shape index (κ3) is 5.57. The van der Waals surface area contributed by atoms with E-state index in [0.29, 0.717) is 23.6 Å². The highest BCUT2D eigenvalue weighted by Gasteiger charge is 2.30. The molecule has 0 fully saturated rings. The second-order valence-electron chi connectivity index (χ2n) is 4.38. The minimum absolute atomic E-state index is 0.348. The molecule has 0 unspecified atom stereocenters. The summed E-state index contributed by atoms with van der Waals surface area (Å²) in [7, 11) is 0. The largest absolute Gasteiger partial charge is 0.416 e. The number of hydrogen-bond acceptors (Lipinski definition) is 2. The standard InChI is InChI=1S/C13H17F3N2S/c1-2-6-18(9-12(17)19)8-10-4-3-5-11(7-10)13(14,15)16/h3-5,7H,2,6,8-9H2,1H3,(H2,17,19). The number of thiocarbonyl (C=S) groups is 1. The number of halogens is 3. The van der Waals surface area contributed by atoms with E-state index in [1.807, 2.05) is 11.8 Å². The SMILES string of the molecule is CCCN(CC(N)=S)Cc1cccc(C(F)(F)F)c1. The van der Waals surface area contributed by atoms with E-state index < -0.39 is 11.7 Å². The highest BCUT2D eigenvalue weighted by molar-refractivity contribution is 7.80. The van der Waals surface area contributed by atoms with Crippen LogP contribution >= 0.6 is 12.2 Å². The summed E-state index contributed by atoms with van der Waals surface area (Å²) >= 11 is 4.84. The van der Waals surface area contributed by atoms with Crippen molar-refractivity contribution >= 4 is 17.2 Å². The van der Waals surface area contributed by atoms with Crippen LogP contribution in [0.4, 0.5) is 13.2 Å². The topological polar surface area (TPSA) is 29.3 Å². The average molecular weight is 290 g/mol. The highest BCUT2D eigenvalue weighted by Crippen LogP contribution is 2.29. The Morgan fingerprint density at radius 3 is 2.58 bits per heavy atom. The first kappa shape index (κ1) is 15.9. The normalized spacial score (nSPS) is 11.8. The Balaban J connectivity index is 2.81. The first-order chi connectivity index (χ1) is 8.82. The number of hydrogen-bond donors (Lipinski definition) is 1. The maximum Gasteiger partial charge on any atom is 0.416 e. The molecular weight excluding hydrogens is 273 g/mol. The number of alkyl halides is 3. The molecule has 1 aromatic carbocycles. The number of rotatable bonds is 6. The molecule has 0 heterocycles. The summed E-state index contributed by atoms with van der Waals surface area (Å²) in [6, 6.07) is 5.34. The number of nitrogens with zero attached hydrogens (tertiary/aromatic N) is 1. The van der Waals surface area contributed by atoms with Crippen LogP contribution < -0.4 is 5.73 Å². The molecule has 0 atom stereocenters. The summed E-state index contributed by atoms with van der Waals surface area (Å²) in [6.45, 7) is 3.57. The fourth-order valence-electron chi connectivity index (χ4n) is 1.85. The van der Waals surface area contributed by atoms with Crippen molar-refractivity contribution in [2.45, 2.75) is 26.1 Å². The molecule has 6 heteroatoms. The molecule has 0 saturated carbocycles. The van der Waals surface area contributed by atoms with E-state index in [-0.39, 0.29) is 0 Å². The molecule has 0 spiro atoms. The molecule has 106 valence electrons. The van der Waals surface area contributed by atoms with E-state index >= 15 is 0 Å². The van der Waals surface area contributed by atoms with Gasteiger partial charge in [-0.2, -0.15) is 13.2 Å². The summed E-state index contributed by atoms with van der Waals surface area (Å²) in [6.07, 6.45) is -3.42. The van der Waals surface area contributed by atoms with E-state index in [9.17, 15) is 13.2 Å². The van der Waals surface area contributed by atoms with Crippen LogP contribution in [0.1, 0.15) is 24.5 Å².